The second kappa shape index (κ2) is 6.45. The highest BCUT2D eigenvalue weighted by Gasteiger charge is 2.06. The van der Waals surface area contributed by atoms with E-state index in [4.69, 9.17) is 22.1 Å². The lowest BCUT2D eigenvalue weighted by Gasteiger charge is -2.08. The Morgan fingerprint density at radius 3 is 2.56 bits per heavy atom. The van der Waals surface area contributed by atoms with Crippen LogP contribution in [0.3, 0.4) is 0 Å². The molecule has 0 saturated carbocycles. The minimum atomic E-state index is 0.410. The molecule has 0 atom stereocenters. The van der Waals surface area contributed by atoms with E-state index in [0.29, 0.717) is 17.6 Å². The number of fused-ring (bicyclic) bond motifs is 1. The van der Waals surface area contributed by atoms with E-state index < -0.39 is 0 Å². The third-order valence-electron chi connectivity index (χ3n) is 3.89. The van der Waals surface area contributed by atoms with E-state index in [1.165, 1.54) is 0 Å². The van der Waals surface area contributed by atoms with Crippen molar-refractivity contribution in [1.29, 1.82) is 0 Å². The fourth-order valence-electron chi connectivity index (χ4n) is 2.56. The topological polar surface area (TPSA) is 65.4 Å². The van der Waals surface area contributed by atoms with Crippen molar-refractivity contribution in [2.24, 2.45) is 0 Å². The molecule has 0 amide bonds. The normalized spacial score (nSPS) is 10.9. The summed E-state index contributed by atoms with van der Waals surface area (Å²) in [7, 11) is 0. The average Bonchev–Trinajstić information content (AvgIpc) is 3.11. The van der Waals surface area contributed by atoms with Gasteiger partial charge in [0.25, 0.3) is 0 Å². The molecule has 6 heteroatoms. The highest BCUT2D eigenvalue weighted by Crippen LogP contribution is 2.23. The average molecular weight is 351 g/mol. The van der Waals surface area contributed by atoms with E-state index in [2.05, 4.69) is 9.97 Å². The Labute approximate surface area is 149 Å². The number of halogens is 1. The molecule has 5 nitrogen and oxygen atoms in total. The number of nitrogens with two attached hydrogens (primary N) is 1. The van der Waals surface area contributed by atoms with Gasteiger partial charge in [-0.3, -0.25) is 4.40 Å². The second-order valence-corrected chi connectivity index (χ2v) is 6.03. The van der Waals surface area contributed by atoms with Crippen molar-refractivity contribution in [3.05, 3.63) is 77.6 Å². The van der Waals surface area contributed by atoms with Gasteiger partial charge >= 0.3 is 0 Å². The van der Waals surface area contributed by atoms with Gasteiger partial charge in [-0.25, -0.2) is 9.97 Å². The van der Waals surface area contributed by atoms with E-state index in [0.717, 1.165) is 28.2 Å². The Morgan fingerprint density at radius 1 is 1.04 bits per heavy atom. The lowest BCUT2D eigenvalue weighted by Crippen LogP contribution is -2.01. The maximum Gasteiger partial charge on any atom is 0.206 e. The standard InChI is InChI=1S/C19H15ClN4O/c20-15-5-1-13(2-6-15)12-25-16-7-3-14(4-8-16)17-11-18-22-9-10-24(18)19(21)23-17/h1-11H,12H2,(H2,21,23). The summed E-state index contributed by atoms with van der Waals surface area (Å²) in [5.74, 6) is 1.20. The van der Waals surface area contributed by atoms with Crippen molar-refractivity contribution in [2.45, 2.75) is 6.61 Å². The van der Waals surface area contributed by atoms with Gasteiger partial charge in [0.2, 0.25) is 5.95 Å². The van der Waals surface area contributed by atoms with Gasteiger partial charge in [-0.15, -0.1) is 0 Å². The molecule has 0 aliphatic rings. The molecule has 2 aromatic carbocycles. The van der Waals surface area contributed by atoms with Crippen LogP contribution < -0.4 is 10.5 Å². The van der Waals surface area contributed by atoms with E-state index >= 15 is 0 Å². The van der Waals surface area contributed by atoms with Crippen LogP contribution in [-0.2, 0) is 6.61 Å². The molecule has 0 fully saturated rings. The zero-order chi connectivity index (χ0) is 17.2. The van der Waals surface area contributed by atoms with E-state index in [9.17, 15) is 0 Å². The number of ether oxygens (including phenoxy) is 1. The van der Waals surface area contributed by atoms with Crippen LogP contribution in [0, 0.1) is 0 Å². The van der Waals surface area contributed by atoms with Gasteiger partial charge in [-0.1, -0.05) is 23.7 Å². The smallest absolute Gasteiger partial charge is 0.206 e. The summed E-state index contributed by atoms with van der Waals surface area (Å²) in [5, 5.41) is 0.717. The van der Waals surface area contributed by atoms with Crippen molar-refractivity contribution in [1.82, 2.24) is 14.4 Å². The number of hydrogen-bond acceptors (Lipinski definition) is 4. The molecule has 0 bridgehead atoms. The lowest BCUT2D eigenvalue weighted by molar-refractivity contribution is 0.306. The number of nitrogens with zero attached hydrogens (tertiary/aromatic N) is 3. The molecule has 4 rings (SSSR count). The Kier molecular flexibility index (Phi) is 3.99. The molecule has 2 heterocycles. The highest BCUT2D eigenvalue weighted by molar-refractivity contribution is 6.30. The number of nitrogen functional groups attached to an aromatic ring is 1. The molecular weight excluding hydrogens is 336 g/mol. The summed E-state index contributed by atoms with van der Waals surface area (Å²) >= 11 is 5.88. The number of imidazole rings is 1. The maximum atomic E-state index is 5.97. The fourth-order valence-corrected chi connectivity index (χ4v) is 2.69. The molecule has 4 aromatic rings. The van der Waals surface area contributed by atoms with E-state index in [-0.39, 0.29) is 0 Å². The summed E-state index contributed by atoms with van der Waals surface area (Å²) < 4.78 is 7.54. The van der Waals surface area contributed by atoms with E-state index in [1.54, 1.807) is 16.8 Å². The lowest BCUT2D eigenvalue weighted by atomic mass is 10.1. The van der Waals surface area contributed by atoms with Gasteiger partial charge in [0.05, 0.1) is 5.69 Å². The Balaban J connectivity index is 1.51. The van der Waals surface area contributed by atoms with Gasteiger partial charge in [-0.2, -0.15) is 0 Å². The number of anilines is 1. The van der Waals surface area contributed by atoms with Gasteiger partial charge in [-0.05, 0) is 42.0 Å². The first-order chi connectivity index (χ1) is 12.2. The molecule has 0 aliphatic carbocycles. The van der Waals surface area contributed by atoms with E-state index in [1.807, 2.05) is 54.6 Å². The van der Waals surface area contributed by atoms with Crippen molar-refractivity contribution in [3.8, 4) is 17.0 Å². The highest BCUT2D eigenvalue weighted by atomic mass is 35.5. The Morgan fingerprint density at radius 2 is 1.80 bits per heavy atom. The molecular formula is C19H15ClN4O. The summed E-state index contributed by atoms with van der Waals surface area (Å²) in [6.45, 7) is 0.488. The van der Waals surface area contributed by atoms with Crippen LogP contribution in [0.25, 0.3) is 16.9 Å². The molecule has 0 spiro atoms. The SMILES string of the molecule is Nc1nc(-c2ccc(OCc3ccc(Cl)cc3)cc2)cc2nccn12. The molecule has 0 saturated heterocycles. The van der Waals surface area contributed by atoms with Crippen LogP contribution in [0.5, 0.6) is 5.75 Å². The maximum absolute atomic E-state index is 5.97. The zero-order valence-electron chi connectivity index (χ0n) is 13.3. The molecule has 0 aliphatic heterocycles. The number of aromatic nitrogens is 3. The van der Waals surface area contributed by atoms with Crippen LogP contribution >= 0.6 is 11.6 Å². The molecule has 25 heavy (non-hydrogen) atoms. The van der Waals surface area contributed by atoms with Crippen LogP contribution in [0.15, 0.2) is 67.0 Å². The summed E-state index contributed by atoms with van der Waals surface area (Å²) in [4.78, 5) is 8.68. The third-order valence-corrected chi connectivity index (χ3v) is 4.14. The van der Waals surface area contributed by atoms with Crippen LogP contribution in [-0.4, -0.2) is 14.4 Å². The predicted molar refractivity (Wildman–Crippen MR) is 98.6 cm³/mol. The number of hydrogen-bond donors (Lipinski definition) is 1. The first kappa shape index (κ1) is 15.5. The van der Waals surface area contributed by atoms with Gasteiger partial charge < -0.3 is 10.5 Å². The first-order valence-corrected chi connectivity index (χ1v) is 8.14. The monoisotopic (exact) mass is 350 g/mol. The molecule has 2 N–H and O–H groups in total. The predicted octanol–water partition coefficient (Wildman–Crippen LogP) is 4.21. The minimum absolute atomic E-state index is 0.410. The minimum Gasteiger partial charge on any atom is -0.489 e. The second-order valence-electron chi connectivity index (χ2n) is 5.59. The van der Waals surface area contributed by atoms with Crippen molar-refractivity contribution < 1.29 is 4.74 Å². The fraction of sp³-hybridized carbons (Fsp3) is 0.0526. The summed E-state index contributed by atoms with van der Waals surface area (Å²) in [5.41, 5.74) is 9.53. The number of rotatable bonds is 4. The summed E-state index contributed by atoms with van der Waals surface area (Å²) in [6, 6.07) is 17.2. The van der Waals surface area contributed by atoms with Gasteiger partial charge in [0.1, 0.15) is 18.0 Å². The Hall–Kier alpha value is -3.05. The molecule has 2 aromatic heterocycles. The van der Waals surface area contributed by atoms with Crippen LogP contribution in [0.1, 0.15) is 5.56 Å². The largest absolute Gasteiger partial charge is 0.489 e. The number of benzene rings is 2. The van der Waals surface area contributed by atoms with Crippen molar-refractivity contribution in [2.75, 3.05) is 5.73 Å². The third kappa shape index (κ3) is 3.27. The molecule has 0 unspecified atom stereocenters. The van der Waals surface area contributed by atoms with Crippen molar-refractivity contribution >= 4 is 23.2 Å². The van der Waals surface area contributed by atoms with Crippen LogP contribution in [0.2, 0.25) is 5.02 Å². The zero-order valence-corrected chi connectivity index (χ0v) is 14.0. The van der Waals surface area contributed by atoms with Crippen LogP contribution in [0.4, 0.5) is 5.95 Å². The quantitative estimate of drug-likeness (QED) is 0.598. The molecule has 124 valence electrons. The van der Waals surface area contributed by atoms with Gasteiger partial charge in [0, 0.05) is 29.0 Å². The van der Waals surface area contributed by atoms with Crippen molar-refractivity contribution in [3.63, 3.8) is 0 Å². The Bertz CT molecular complexity index is 1010. The molecule has 0 radical (unpaired) electrons. The first-order valence-electron chi connectivity index (χ1n) is 7.76. The summed E-state index contributed by atoms with van der Waals surface area (Å²) in [6.07, 6.45) is 3.49. The van der Waals surface area contributed by atoms with Gasteiger partial charge in [0.15, 0.2) is 0 Å².